The topological polar surface area (TPSA) is 183 Å². The number of carbonyl (C=O) groups is 5. The van der Waals surface area contributed by atoms with Gasteiger partial charge in [0.25, 0.3) is 5.91 Å². The number of aliphatic hydroxyl groups excluding tert-OH is 1. The van der Waals surface area contributed by atoms with Crippen molar-refractivity contribution in [1.82, 2.24) is 30.9 Å². The molecular weight excluding hydrogens is 656 g/mol. The maximum absolute atomic E-state index is 14.0. The Balaban J connectivity index is 1.48. The monoisotopic (exact) mass is 702 g/mol. The SMILES string of the molecule is CC(C)C[C@H]1NC(=O)CN(C(=O)c2cc(-c3ccccc3)no2)C[C@H]2OCC[C@H](NC(=O)[C@H](Cc3ccccc3)NC(=O)[C@H](C)N(C)C1=O)[C@@H]2O. The van der Waals surface area contributed by atoms with Crippen molar-refractivity contribution in [2.24, 2.45) is 5.92 Å². The lowest BCUT2D eigenvalue weighted by molar-refractivity contribution is -0.142. The summed E-state index contributed by atoms with van der Waals surface area (Å²) in [7, 11) is 1.47. The van der Waals surface area contributed by atoms with Crippen LogP contribution in [0.4, 0.5) is 0 Å². The second-order valence-corrected chi connectivity index (χ2v) is 13.6. The summed E-state index contributed by atoms with van der Waals surface area (Å²) in [5, 5.41) is 24.0. The number of hydrogen-bond donors (Lipinski definition) is 4. The standard InChI is InChI=1S/C37H46N6O8/c1-22(2)17-29-36(48)42(4)23(3)34(46)40-28(18-24-11-7-5-8-12-24)35(47)39-26-15-16-50-31(33(26)45)20-43(21-32(44)38-29)37(49)30-19-27(41-51-30)25-13-9-6-10-14-25/h5-14,19,22-23,26,28-29,31,33,45H,15-18,20-21H2,1-4H3,(H,38,44)(H,39,47)(H,40,46)/t23-,26-,28-,29+,31+,33-/m0/s1. The number of aromatic nitrogens is 1. The van der Waals surface area contributed by atoms with Crippen molar-refractivity contribution in [1.29, 1.82) is 0 Å². The van der Waals surface area contributed by atoms with Crippen LogP contribution in [0.3, 0.4) is 0 Å². The quantitative estimate of drug-likeness (QED) is 0.296. The highest BCUT2D eigenvalue weighted by Crippen LogP contribution is 2.22. The third-order valence-electron chi connectivity index (χ3n) is 9.26. The van der Waals surface area contributed by atoms with E-state index in [1.165, 1.54) is 22.9 Å². The second kappa shape index (κ2) is 16.8. The fourth-order valence-corrected chi connectivity index (χ4v) is 6.26. The van der Waals surface area contributed by atoms with Gasteiger partial charge in [0.2, 0.25) is 29.4 Å². The lowest BCUT2D eigenvalue weighted by Gasteiger charge is -2.38. The van der Waals surface area contributed by atoms with Crippen LogP contribution in [0.15, 0.2) is 71.3 Å². The fraction of sp³-hybridized carbons (Fsp3) is 0.459. The number of carbonyl (C=O) groups excluding carboxylic acids is 5. The second-order valence-electron chi connectivity index (χ2n) is 13.6. The zero-order chi connectivity index (χ0) is 36.7. The molecule has 0 unspecified atom stereocenters. The van der Waals surface area contributed by atoms with E-state index in [1.807, 2.05) is 74.5 Å². The molecule has 3 aromatic rings. The average molecular weight is 703 g/mol. The maximum Gasteiger partial charge on any atom is 0.293 e. The van der Waals surface area contributed by atoms with Gasteiger partial charge in [0, 0.05) is 31.7 Å². The minimum absolute atomic E-state index is 0.0177. The van der Waals surface area contributed by atoms with Gasteiger partial charge in [-0.05, 0) is 31.2 Å². The van der Waals surface area contributed by atoms with Crippen LogP contribution in [-0.2, 0) is 30.3 Å². The highest BCUT2D eigenvalue weighted by molar-refractivity contribution is 5.97. The molecule has 14 heteroatoms. The molecule has 14 nitrogen and oxygen atoms in total. The molecule has 1 aromatic heterocycles. The van der Waals surface area contributed by atoms with Crippen LogP contribution in [0.25, 0.3) is 11.3 Å². The first-order valence-electron chi connectivity index (χ1n) is 17.2. The molecule has 2 saturated heterocycles. The van der Waals surface area contributed by atoms with Crippen LogP contribution < -0.4 is 16.0 Å². The Morgan fingerprint density at radius 2 is 1.65 bits per heavy atom. The molecule has 51 heavy (non-hydrogen) atoms. The molecule has 0 spiro atoms. The molecule has 2 bridgehead atoms. The number of nitrogens with zero attached hydrogens (tertiary/aromatic N) is 3. The van der Waals surface area contributed by atoms with Gasteiger partial charge in [-0.15, -0.1) is 0 Å². The number of aliphatic hydroxyl groups is 1. The Bertz CT molecular complexity index is 1680. The Labute approximate surface area is 296 Å². The van der Waals surface area contributed by atoms with Gasteiger partial charge in [-0.1, -0.05) is 79.7 Å². The molecule has 6 atom stereocenters. The summed E-state index contributed by atoms with van der Waals surface area (Å²) in [5.74, 6) is -3.09. The molecule has 4 N–H and O–H groups in total. The lowest BCUT2D eigenvalue weighted by Crippen LogP contribution is -2.60. The van der Waals surface area contributed by atoms with Gasteiger partial charge in [-0.3, -0.25) is 24.0 Å². The molecule has 3 heterocycles. The van der Waals surface area contributed by atoms with Crippen molar-refractivity contribution in [3.8, 4) is 11.3 Å². The van der Waals surface area contributed by atoms with E-state index in [9.17, 15) is 29.1 Å². The van der Waals surface area contributed by atoms with E-state index in [-0.39, 0.29) is 44.1 Å². The summed E-state index contributed by atoms with van der Waals surface area (Å²) >= 11 is 0. The van der Waals surface area contributed by atoms with Crippen LogP contribution in [0.5, 0.6) is 0 Å². The normalized spacial score (nSPS) is 25.5. The van der Waals surface area contributed by atoms with Crippen LogP contribution >= 0.6 is 0 Å². The number of ether oxygens (including phenoxy) is 1. The van der Waals surface area contributed by atoms with E-state index < -0.39 is 72.5 Å². The molecular formula is C37H46N6O8. The first kappa shape index (κ1) is 37.2. The van der Waals surface area contributed by atoms with E-state index in [4.69, 9.17) is 9.26 Å². The summed E-state index contributed by atoms with van der Waals surface area (Å²) in [4.78, 5) is 71.2. The number of amides is 5. The van der Waals surface area contributed by atoms with Gasteiger partial charge in [-0.25, -0.2) is 0 Å². The molecule has 0 aliphatic carbocycles. The Morgan fingerprint density at radius 1 is 0.961 bits per heavy atom. The highest BCUT2D eigenvalue weighted by Gasteiger charge is 2.39. The number of hydrogen-bond acceptors (Lipinski definition) is 9. The Hall–Kier alpha value is -5.08. The van der Waals surface area contributed by atoms with Crippen molar-refractivity contribution in [2.45, 2.75) is 76.4 Å². The van der Waals surface area contributed by atoms with Gasteiger partial charge in [0.1, 0.15) is 42.6 Å². The van der Waals surface area contributed by atoms with Crippen molar-refractivity contribution in [3.63, 3.8) is 0 Å². The zero-order valence-corrected chi connectivity index (χ0v) is 29.3. The van der Waals surface area contributed by atoms with Crippen LogP contribution in [0, 0.1) is 5.92 Å². The Kier molecular flexibility index (Phi) is 12.2. The summed E-state index contributed by atoms with van der Waals surface area (Å²) in [5.41, 5.74) is 1.93. The molecule has 2 aromatic carbocycles. The zero-order valence-electron chi connectivity index (χ0n) is 29.3. The number of benzene rings is 2. The predicted octanol–water partition coefficient (Wildman–Crippen LogP) is 1.54. The summed E-state index contributed by atoms with van der Waals surface area (Å²) in [6.45, 7) is 4.72. The molecule has 0 saturated carbocycles. The molecule has 0 radical (unpaired) electrons. The van der Waals surface area contributed by atoms with E-state index in [1.54, 1.807) is 6.92 Å². The molecule has 272 valence electrons. The van der Waals surface area contributed by atoms with Gasteiger partial charge in [-0.2, -0.15) is 0 Å². The van der Waals surface area contributed by atoms with E-state index >= 15 is 0 Å². The van der Waals surface area contributed by atoms with Gasteiger partial charge < -0.3 is 40.1 Å². The third kappa shape index (κ3) is 9.38. The molecule has 5 amide bonds. The number of fused-ring (bicyclic) bond motifs is 2. The van der Waals surface area contributed by atoms with Gasteiger partial charge in [0.15, 0.2) is 0 Å². The van der Waals surface area contributed by atoms with Crippen LogP contribution in [-0.4, -0.2) is 113 Å². The van der Waals surface area contributed by atoms with Crippen LogP contribution in [0.1, 0.15) is 49.7 Å². The summed E-state index contributed by atoms with van der Waals surface area (Å²) in [6.07, 6.45) is -1.61. The predicted molar refractivity (Wildman–Crippen MR) is 186 cm³/mol. The first-order valence-corrected chi connectivity index (χ1v) is 17.2. The molecule has 5 rings (SSSR count). The highest BCUT2D eigenvalue weighted by atomic mass is 16.5. The molecule has 2 fully saturated rings. The maximum atomic E-state index is 14.0. The molecule has 2 aliphatic rings. The minimum Gasteiger partial charge on any atom is -0.388 e. The smallest absolute Gasteiger partial charge is 0.293 e. The number of likely N-dealkylation sites (N-methyl/N-ethyl adjacent to an activating group) is 1. The van der Waals surface area contributed by atoms with Crippen molar-refractivity contribution in [3.05, 3.63) is 78.1 Å². The summed E-state index contributed by atoms with van der Waals surface area (Å²) < 4.78 is 11.3. The first-order chi connectivity index (χ1) is 24.4. The van der Waals surface area contributed by atoms with Crippen molar-refractivity contribution in [2.75, 3.05) is 26.7 Å². The molecule has 2 aliphatic heterocycles. The van der Waals surface area contributed by atoms with Gasteiger partial charge >= 0.3 is 0 Å². The van der Waals surface area contributed by atoms with Crippen molar-refractivity contribution >= 4 is 29.5 Å². The average Bonchev–Trinajstić information content (AvgIpc) is 3.62. The Morgan fingerprint density at radius 3 is 2.33 bits per heavy atom. The van der Waals surface area contributed by atoms with Crippen LogP contribution in [0.2, 0.25) is 0 Å². The lowest BCUT2D eigenvalue weighted by atomic mass is 9.97. The third-order valence-corrected chi connectivity index (χ3v) is 9.26. The van der Waals surface area contributed by atoms with E-state index in [2.05, 4.69) is 21.1 Å². The largest absolute Gasteiger partial charge is 0.388 e. The van der Waals surface area contributed by atoms with E-state index in [0.717, 1.165) is 11.1 Å². The number of rotatable bonds is 6. The fourth-order valence-electron chi connectivity index (χ4n) is 6.26. The van der Waals surface area contributed by atoms with Gasteiger partial charge in [0.05, 0.1) is 12.6 Å². The minimum atomic E-state index is -1.28. The summed E-state index contributed by atoms with van der Waals surface area (Å²) in [6, 6.07) is 15.9. The van der Waals surface area contributed by atoms with E-state index in [0.29, 0.717) is 5.69 Å². The number of nitrogens with one attached hydrogen (secondary N) is 3. The van der Waals surface area contributed by atoms with Crippen molar-refractivity contribution < 1.29 is 38.3 Å².